The maximum atomic E-state index is 12.4. The SMILES string of the molecule is C[C@@H]1Cc2c(C(=O)N3CC(O)(CO)C3)n[nH]c2[C@H](C)O1. The summed E-state index contributed by atoms with van der Waals surface area (Å²) in [5, 5.41) is 25.8. The van der Waals surface area contributed by atoms with Crippen molar-refractivity contribution < 1.29 is 19.7 Å². The van der Waals surface area contributed by atoms with E-state index in [0.717, 1.165) is 11.3 Å². The predicted molar refractivity (Wildman–Crippen MR) is 69.2 cm³/mol. The van der Waals surface area contributed by atoms with Gasteiger partial charge in [0.05, 0.1) is 37.6 Å². The third-order valence-electron chi connectivity index (χ3n) is 3.99. The van der Waals surface area contributed by atoms with Gasteiger partial charge in [-0.25, -0.2) is 0 Å². The molecule has 0 spiro atoms. The summed E-state index contributed by atoms with van der Waals surface area (Å²) in [4.78, 5) is 13.9. The van der Waals surface area contributed by atoms with E-state index in [1.807, 2.05) is 13.8 Å². The van der Waals surface area contributed by atoms with Gasteiger partial charge in [-0.3, -0.25) is 9.89 Å². The Balaban J connectivity index is 1.81. The minimum absolute atomic E-state index is 0.0485. The van der Waals surface area contributed by atoms with Gasteiger partial charge in [-0.15, -0.1) is 0 Å². The molecule has 0 radical (unpaired) electrons. The summed E-state index contributed by atoms with van der Waals surface area (Å²) in [6, 6.07) is 0. The second kappa shape index (κ2) is 4.54. The zero-order valence-corrected chi connectivity index (χ0v) is 11.6. The van der Waals surface area contributed by atoms with Crippen molar-refractivity contribution in [1.82, 2.24) is 15.1 Å². The van der Waals surface area contributed by atoms with Crippen molar-refractivity contribution in [2.75, 3.05) is 19.7 Å². The van der Waals surface area contributed by atoms with E-state index in [4.69, 9.17) is 9.84 Å². The zero-order valence-electron chi connectivity index (χ0n) is 11.6. The van der Waals surface area contributed by atoms with Crippen LogP contribution in [0, 0.1) is 0 Å². The number of H-pyrrole nitrogens is 1. The van der Waals surface area contributed by atoms with Crippen LogP contribution in [0.2, 0.25) is 0 Å². The normalized spacial score (nSPS) is 27.9. The quantitative estimate of drug-likeness (QED) is 0.686. The Labute approximate surface area is 116 Å². The number of nitrogens with zero attached hydrogens (tertiary/aromatic N) is 2. The van der Waals surface area contributed by atoms with Gasteiger partial charge >= 0.3 is 0 Å². The molecule has 0 saturated carbocycles. The number of ether oxygens (including phenoxy) is 1. The molecule has 1 amide bonds. The van der Waals surface area contributed by atoms with Crippen molar-refractivity contribution in [2.24, 2.45) is 0 Å². The highest BCUT2D eigenvalue weighted by Crippen LogP contribution is 2.31. The van der Waals surface area contributed by atoms with Gasteiger partial charge in [0.25, 0.3) is 5.91 Å². The summed E-state index contributed by atoms with van der Waals surface area (Å²) < 4.78 is 5.69. The summed E-state index contributed by atoms with van der Waals surface area (Å²) in [5.41, 5.74) is 1.00. The zero-order chi connectivity index (χ0) is 14.5. The minimum Gasteiger partial charge on any atom is -0.393 e. The molecule has 20 heavy (non-hydrogen) atoms. The molecule has 3 heterocycles. The number of aromatic amines is 1. The lowest BCUT2D eigenvalue weighted by molar-refractivity contribution is -0.110. The molecule has 0 aromatic carbocycles. The molecule has 0 bridgehead atoms. The maximum absolute atomic E-state index is 12.4. The molecule has 110 valence electrons. The largest absolute Gasteiger partial charge is 0.393 e. The second-order valence-electron chi connectivity index (χ2n) is 5.80. The summed E-state index contributed by atoms with van der Waals surface area (Å²) in [6.45, 7) is 3.85. The fourth-order valence-corrected chi connectivity index (χ4v) is 2.91. The van der Waals surface area contributed by atoms with Crippen molar-refractivity contribution in [2.45, 2.75) is 38.1 Å². The van der Waals surface area contributed by atoms with Gasteiger partial charge in [0.2, 0.25) is 0 Å². The summed E-state index contributed by atoms with van der Waals surface area (Å²) >= 11 is 0. The molecule has 1 aromatic rings. The van der Waals surface area contributed by atoms with Crippen molar-refractivity contribution in [3.63, 3.8) is 0 Å². The highest BCUT2D eigenvalue weighted by molar-refractivity contribution is 5.94. The van der Waals surface area contributed by atoms with Crippen molar-refractivity contribution in [1.29, 1.82) is 0 Å². The molecule has 2 aliphatic rings. The van der Waals surface area contributed by atoms with Crippen LogP contribution in [0.4, 0.5) is 0 Å². The van der Waals surface area contributed by atoms with Crippen molar-refractivity contribution in [3.05, 3.63) is 17.0 Å². The number of fused-ring (bicyclic) bond motifs is 1. The van der Waals surface area contributed by atoms with Gasteiger partial charge in [-0.05, 0) is 13.8 Å². The second-order valence-corrected chi connectivity index (χ2v) is 5.80. The molecular formula is C13H19N3O4. The molecule has 0 aliphatic carbocycles. The number of aliphatic hydroxyl groups excluding tert-OH is 1. The molecule has 2 aliphatic heterocycles. The van der Waals surface area contributed by atoms with Crippen LogP contribution in [-0.2, 0) is 11.2 Å². The van der Waals surface area contributed by atoms with E-state index in [2.05, 4.69) is 10.2 Å². The molecule has 3 N–H and O–H groups in total. The molecule has 3 rings (SSSR count). The number of aromatic nitrogens is 2. The fourth-order valence-electron chi connectivity index (χ4n) is 2.91. The number of nitrogens with one attached hydrogen (secondary N) is 1. The number of likely N-dealkylation sites (tertiary alicyclic amines) is 1. The van der Waals surface area contributed by atoms with Crippen LogP contribution < -0.4 is 0 Å². The average molecular weight is 281 g/mol. The molecule has 7 heteroatoms. The first-order valence-electron chi connectivity index (χ1n) is 6.78. The summed E-state index contributed by atoms with van der Waals surface area (Å²) in [5.74, 6) is -0.207. The van der Waals surface area contributed by atoms with Crippen LogP contribution in [0.5, 0.6) is 0 Å². The number of carbonyl (C=O) groups is 1. The topological polar surface area (TPSA) is 98.7 Å². The first-order valence-corrected chi connectivity index (χ1v) is 6.78. The van der Waals surface area contributed by atoms with Crippen molar-refractivity contribution in [3.8, 4) is 0 Å². The highest BCUT2D eigenvalue weighted by Gasteiger charge is 2.44. The number of amides is 1. The first kappa shape index (κ1) is 13.5. The van der Waals surface area contributed by atoms with E-state index >= 15 is 0 Å². The lowest BCUT2D eigenvalue weighted by Gasteiger charge is -2.45. The third kappa shape index (κ3) is 2.02. The van der Waals surface area contributed by atoms with E-state index in [1.54, 1.807) is 0 Å². The molecule has 2 atom stereocenters. The van der Waals surface area contributed by atoms with E-state index in [9.17, 15) is 9.90 Å². The van der Waals surface area contributed by atoms with Gasteiger partial charge in [0.15, 0.2) is 5.69 Å². The molecular weight excluding hydrogens is 262 g/mol. The van der Waals surface area contributed by atoms with Crippen LogP contribution in [0.15, 0.2) is 0 Å². The standard InChI is InChI=1S/C13H19N3O4/c1-7-3-9-10(8(2)20-7)14-15-11(9)12(18)16-4-13(19,5-16)6-17/h7-8,17,19H,3-6H2,1-2H3,(H,14,15)/t7-,8+/m1/s1. The molecule has 1 fully saturated rings. The van der Waals surface area contributed by atoms with Gasteiger partial charge in [0, 0.05) is 12.0 Å². The van der Waals surface area contributed by atoms with Crippen molar-refractivity contribution >= 4 is 5.91 Å². The summed E-state index contributed by atoms with van der Waals surface area (Å²) in [7, 11) is 0. The fraction of sp³-hybridized carbons (Fsp3) is 0.692. The number of aliphatic hydroxyl groups is 2. The Kier molecular flexibility index (Phi) is 3.07. The Morgan fingerprint density at radius 3 is 2.90 bits per heavy atom. The smallest absolute Gasteiger partial charge is 0.274 e. The lowest BCUT2D eigenvalue weighted by Crippen LogP contribution is -2.65. The molecule has 1 aromatic heterocycles. The number of carbonyl (C=O) groups excluding carboxylic acids is 1. The van der Waals surface area contributed by atoms with Gasteiger partial charge in [-0.2, -0.15) is 5.10 Å². The monoisotopic (exact) mass is 281 g/mol. The third-order valence-corrected chi connectivity index (χ3v) is 3.99. The van der Waals surface area contributed by atoms with E-state index in [0.29, 0.717) is 12.1 Å². The van der Waals surface area contributed by atoms with E-state index in [-0.39, 0.29) is 37.8 Å². The summed E-state index contributed by atoms with van der Waals surface area (Å²) in [6.07, 6.45) is 0.594. The average Bonchev–Trinajstić information content (AvgIpc) is 2.78. The number of hydrogen-bond donors (Lipinski definition) is 3. The minimum atomic E-state index is -1.16. The van der Waals surface area contributed by atoms with Crippen LogP contribution in [-0.4, -0.2) is 62.6 Å². The lowest BCUT2D eigenvalue weighted by atomic mass is 9.93. The predicted octanol–water partition coefficient (Wildman–Crippen LogP) is -0.389. The first-order chi connectivity index (χ1) is 9.43. The van der Waals surface area contributed by atoms with Crippen LogP contribution in [0.1, 0.15) is 41.7 Å². The Bertz CT molecular complexity index is 536. The number of rotatable bonds is 2. The number of hydrogen-bond acceptors (Lipinski definition) is 5. The van der Waals surface area contributed by atoms with Crippen LogP contribution in [0.3, 0.4) is 0 Å². The van der Waals surface area contributed by atoms with Gasteiger partial charge in [0.1, 0.15) is 5.60 Å². The van der Waals surface area contributed by atoms with Gasteiger partial charge in [-0.1, -0.05) is 0 Å². The molecule has 0 unspecified atom stereocenters. The molecule has 1 saturated heterocycles. The van der Waals surface area contributed by atoms with Crippen LogP contribution >= 0.6 is 0 Å². The number of β-amino-alcohol motifs (C(OH)–C–C–N with tert-alkyl or cyclic N) is 1. The maximum Gasteiger partial charge on any atom is 0.274 e. The molecule has 7 nitrogen and oxygen atoms in total. The van der Waals surface area contributed by atoms with E-state index < -0.39 is 5.60 Å². The van der Waals surface area contributed by atoms with E-state index in [1.165, 1.54) is 4.90 Å². The Morgan fingerprint density at radius 2 is 2.25 bits per heavy atom. The Hall–Kier alpha value is -1.44. The highest BCUT2D eigenvalue weighted by atomic mass is 16.5. The van der Waals surface area contributed by atoms with Crippen LogP contribution in [0.25, 0.3) is 0 Å². The Morgan fingerprint density at radius 1 is 1.55 bits per heavy atom. The van der Waals surface area contributed by atoms with Gasteiger partial charge < -0.3 is 19.8 Å².